The van der Waals surface area contributed by atoms with Crippen molar-refractivity contribution in [3.63, 3.8) is 0 Å². The first kappa shape index (κ1) is 21.8. The summed E-state index contributed by atoms with van der Waals surface area (Å²) in [5, 5.41) is 17.6. The molecule has 1 aliphatic rings. The Morgan fingerprint density at radius 3 is 2.54 bits per heavy atom. The Morgan fingerprint density at radius 2 is 1.83 bits per heavy atom. The molecule has 0 atom stereocenters. The second kappa shape index (κ2) is 9.11. The van der Waals surface area contributed by atoms with E-state index in [1.165, 1.54) is 12.1 Å². The van der Waals surface area contributed by atoms with E-state index in [4.69, 9.17) is 0 Å². The highest BCUT2D eigenvalue weighted by atomic mass is 16.6. The fourth-order valence-corrected chi connectivity index (χ4v) is 4.18. The van der Waals surface area contributed by atoms with E-state index in [2.05, 4.69) is 20.6 Å². The van der Waals surface area contributed by atoms with Gasteiger partial charge in [0.2, 0.25) is 0 Å². The second-order valence-corrected chi connectivity index (χ2v) is 7.92. The van der Waals surface area contributed by atoms with Gasteiger partial charge in [0.05, 0.1) is 28.2 Å². The first-order chi connectivity index (χ1) is 17.0. The van der Waals surface area contributed by atoms with E-state index in [1.807, 2.05) is 73.8 Å². The normalized spacial score (nSPS) is 14.3. The van der Waals surface area contributed by atoms with E-state index in [-0.39, 0.29) is 11.6 Å². The van der Waals surface area contributed by atoms with Crippen LogP contribution in [0.3, 0.4) is 0 Å². The van der Waals surface area contributed by atoms with Crippen LogP contribution in [-0.2, 0) is 4.79 Å². The number of nitro benzene ring substituents is 1. The first-order valence-electron chi connectivity index (χ1n) is 11.0. The molecule has 0 aliphatic carbocycles. The molecule has 3 N–H and O–H groups in total. The number of hydrogen-bond donors (Lipinski definition) is 3. The van der Waals surface area contributed by atoms with Gasteiger partial charge in [0.25, 0.3) is 11.6 Å². The fraction of sp³-hybridized carbons (Fsp3) is 0.0370. The van der Waals surface area contributed by atoms with E-state index < -0.39 is 4.92 Å². The first-order valence-corrected chi connectivity index (χ1v) is 11.0. The van der Waals surface area contributed by atoms with Crippen LogP contribution in [0.2, 0.25) is 0 Å². The Labute approximate surface area is 201 Å². The average Bonchev–Trinajstić information content (AvgIpc) is 3.51. The smallest absolute Gasteiger partial charge is 0.270 e. The molecule has 1 amide bonds. The van der Waals surface area contributed by atoms with Gasteiger partial charge in [-0.15, -0.1) is 0 Å². The van der Waals surface area contributed by atoms with Crippen molar-refractivity contribution in [3.8, 4) is 0 Å². The van der Waals surface area contributed by atoms with Crippen molar-refractivity contribution in [1.29, 1.82) is 0 Å². The number of aromatic amines is 1. The number of hydrogen-bond acceptors (Lipinski definition) is 5. The SMILES string of the molecule is CC=C(c1cccc(NC(=C2C(=O)Nc3ccc([N+](=O)[O-])cc32)c2ccccc2)c1)c1c[nH]cn1. The number of fused-ring (bicyclic) bond motifs is 1. The standard InChI is InChI=1S/C27H21N5O3/c1-2-21(24-15-28-16-29-24)18-9-6-10-19(13-18)30-26(17-7-4-3-5-8-17)25-22-14-20(32(34)35)11-12-23(22)31-27(25)33/h2-16,30H,1H3,(H,28,29)(H,31,33). The summed E-state index contributed by atoms with van der Waals surface area (Å²) in [6.45, 7) is 1.95. The predicted octanol–water partition coefficient (Wildman–Crippen LogP) is 5.70. The zero-order chi connectivity index (χ0) is 24.4. The van der Waals surface area contributed by atoms with Crippen LogP contribution >= 0.6 is 0 Å². The monoisotopic (exact) mass is 463 g/mol. The van der Waals surface area contributed by atoms with Gasteiger partial charge in [-0.1, -0.05) is 48.5 Å². The summed E-state index contributed by atoms with van der Waals surface area (Å²) >= 11 is 0. The Hall–Kier alpha value is -4.98. The van der Waals surface area contributed by atoms with Crippen molar-refractivity contribution >= 4 is 39.8 Å². The molecule has 1 aromatic heterocycles. The summed E-state index contributed by atoms with van der Waals surface area (Å²) in [6, 6.07) is 21.6. The van der Waals surface area contributed by atoms with Crippen molar-refractivity contribution < 1.29 is 9.72 Å². The van der Waals surface area contributed by atoms with Gasteiger partial charge >= 0.3 is 0 Å². The van der Waals surface area contributed by atoms with Gasteiger partial charge < -0.3 is 15.6 Å². The van der Waals surface area contributed by atoms with E-state index in [0.717, 1.165) is 28.1 Å². The number of carbonyl (C=O) groups excluding carboxylic acids is 1. The molecule has 0 bridgehead atoms. The zero-order valence-electron chi connectivity index (χ0n) is 18.8. The van der Waals surface area contributed by atoms with Crippen LogP contribution in [-0.4, -0.2) is 20.8 Å². The number of nitrogens with zero attached hydrogens (tertiary/aromatic N) is 2. The van der Waals surface area contributed by atoms with Gasteiger partial charge in [-0.05, 0) is 36.2 Å². The maximum atomic E-state index is 13.1. The third-order valence-electron chi connectivity index (χ3n) is 5.78. The summed E-state index contributed by atoms with van der Waals surface area (Å²) in [4.78, 5) is 31.4. The van der Waals surface area contributed by atoms with E-state index in [0.29, 0.717) is 22.5 Å². The van der Waals surface area contributed by atoms with Gasteiger partial charge in [0, 0.05) is 40.8 Å². The highest BCUT2D eigenvalue weighted by Gasteiger charge is 2.30. The van der Waals surface area contributed by atoms with Gasteiger partial charge in [0.1, 0.15) is 0 Å². The highest BCUT2D eigenvalue weighted by molar-refractivity contribution is 6.37. The number of rotatable bonds is 6. The molecule has 1 aliphatic heterocycles. The summed E-state index contributed by atoms with van der Waals surface area (Å²) in [7, 11) is 0. The summed E-state index contributed by atoms with van der Waals surface area (Å²) in [5.74, 6) is -0.325. The number of nitro groups is 1. The lowest BCUT2D eigenvalue weighted by atomic mass is 9.99. The van der Waals surface area contributed by atoms with Gasteiger partial charge in [0.15, 0.2) is 0 Å². The number of amides is 1. The van der Waals surface area contributed by atoms with Crippen LogP contribution in [0.1, 0.15) is 29.3 Å². The molecule has 8 nitrogen and oxygen atoms in total. The number of imidazole rings is 1. The van der Waals surface area contributed by atoms with Crippen LogP contribution in [0, 0.1) is 10.1 Å². The Balaban J connectivity index is 1.64. The van der Waals surface area contributed by atoms with Crippen LogP contribution < -0.4 is 10.6 Å². The minimum atomic E-state index is -0.465. The number of non-ortho nitro benzene ring substituents is 1. The van der Waals surface area contributed by atoms with E-state index in [1.54, 1.807) is 12.4 Å². The largest absolute Gasteiger partial charge is 0.354 e. The van der Waals surface area contributed by atoms with Crippen molar-refractivity contribution in [2.24, 2.45) is 0 Å². The number of allylic oxidation sites excluding steroid dienone is 1. The van der Waals surface area contributed by atoms with Crippen molar-refractivity contribution in [2.75, 3.05) is 10.6 Å². The van der Waals surface area contributed by atoms with Gasteiger partial charge in [-0.25, -0.2) is 4.98 Å². The van der Waals surface area contributed by atoms with Gasteiger partial charge in [-0.3, -0.25) is 14.9 Å². The summed E-state index contributed by atoms with van der Waals surface area (Å²) in [5.41, 5.74) is 6.12. The molecule has 0 unspecified atom stereocenters. The maximum absolute atomic E-state index is 13.1. The topological polar surface area (TPSA) is 113 Å². The summed E-state index contributed by atoms with van der Waals surface area (Å²) in [6.07, 6.45) is 5.46. The van der Waals surface area contributed by atoms with Crippen LogP contribution in [0.5, 0.6) is 0 Å². The number of aromatic nitrogens is 2. The van der Waals surface area contributed by atoms with E-state index >= 15 is 0 Å². The lowest BCUT2D eigenvalue weighted by molar-refractivity contribution is -0.384. The minimum absolute atomic E-state index is 0.0797. The second-order valence-electron chi connectivity index (χ2n) is 7.92. The highest BCUT2D eigenvalue weighted by Crippen LogP contribution is 2.39. The lowest BCUT2D eigenvalue weighted by Gasteiger charge is -2.16. The molecule has 0 spiro atoms. The molecule has 3 aromatic carbocycles. The number of benzene rings is 3. The fourth-order valence-electron chi connectivity index (χ4n) is 4.18. The Kier molecular flexibility index (Phi) is 5.68. The molecule has 5 rings (SSSR count). The molecule has 0 fully saturated rings. The number of carbonyl (C=O) groups is 1. The third kappa shape index (κ3) is 4.20. The summed E-state index contributed by atoms with van der Waals surface area (Å²) < 4.78 is 0. The van der Waals surface area contributed by atoms with Crippen LogP contribution in [0.4, 0.5) is 17.1 Å². The lowest BCUT2D eigenvalue weighted by Crippen LogP contribution is -2.10. The third-order valence-corrected chi connectivity index (χ3v) is 5.78. The molecule has 35 heavy (non-hydrogen) atoms. The molecular formula is C27H21N5O3. The van der Waals surface area contributed by atoms with Crippen LogP contribution in [0.15, 0.2) is 91.4 Å². The number of anilines is 2. The molecule has 0 saturated carbocycles. The molecule has 2 heterocycles. The van der Waals surface area contributed by atoms with Crippen molar-refractivity contribution in [1.82, 2.24) is 9.97 Å². The minimum Gasteiger partial charge on any atom is -0.354 e. The molecule has 0 saturated heterocycles. The Bertz CT molecular complexity index is 1490. The van der Waals surface area contributed by atoms with Crippen LogP contribution in [0.25, 0.3) is 16.8 Å². The van der Waals surface area contributed by atoms with Gasteiger partial charge in [-0.2, -0.15) is 0 Å². The molecule has 4 aromatic rings. The quantitative estimate of drug-likeness (QED) is 0.193. The predicted molar refractivity (Wildman–Crippen MR) is 136 cm³/mol. The Morgan fingerprint density at radius 1 is 1.03 bits per heavy atom. The average molecular weight is 463 g/mol. The number of H-pyrrole nitrogens is 1. The molecule has 172 valence electrons. The molecule has 0 radical (unpaired) electrons. The maximum Gasteiger partial charge on any atom is 0.270 e. The zero-order valence-corrected chi connectivity index (χ0v) is 18.8. The molecule has 8 heteroatoms. The number of nitrogens with one attached hydrogen (secondary N) is 3. The molecular weight excluding hydrogens is 442 g/mol. The van der Waals surface area contributed by atoms with Crippen molar-refractivity contribution in [3.05, 3.63) is 124 Å². The van der Waals surface area contributed by atoms with Crippen molar-refractivity contribution in [2.45, 2.75) is 6.92 Å². The van der Waals surface area contributed by atoms with E-state index in [9.17, 15) is 14.9 Å².